The van der Waals surface area contributed by atoms with Gasteiger partial charge in [-0.25, -0.2) is 0 Å². The first-order valence-corrected chi connectivity index (χ1v) is 3.90. The SMILES string of the molecule is O=C(O)C/C=C/[C@H](O)[C@H](O)CC(=O)O. The number of hydrogen-bond acceptors (Lipinski definition) is 4. The Morgan fingerprint density at radius 2 is 1.71 bits per heavy atom. The molecule has 0 aliphatic carbocycles. The van der Waals surface area contributed by atoms with E-state index >= 15 is 0 Å². The topological polar surface area (TPSA) is 115 Å². The van der Waals surface area contributed by atoms with Crippen molar-refractivity contribution in [2.75, 3.05) is 0 Å². The fourth-order valence-electron chi connectivity index (χ4n) is 0.736. The van der Waals surface area contributed by atoms with Crippen LogP contribution in [-0.2, 0) is 9.59 Å². The highest BCUT2D eigenvalue weighted by Gasteiger charge is 2.16. The van der Waals surface area contributed by atoms with Gasteiger partial charge in [0, 0.05) is 0 Å². The largest absolute Gasteiger partial charge is 0.481 e. The third-order valence-corrected chi connectivity index (χ3v) is 1.40. The number of aliphatic hydroxyl groups excluding tert-OH is 2. The van der Waals surface area contributed by atoms with Crippen molar-refractivity contribution in [3.8, 4) is 0 Å². The lowest BCUT2D eigenvalue weighted by molar-refractivity contribution is -0.140. The summed E-state index contributed by atoms with van der Waals surface area (Å²) in [5, 5.41) is 34.6. The van der Waals surface area contributed by atoms with E-state index in [-0.39, 0.29) is 6.42 Å². The highest BCUT2D eigenvalue weighted by Crippen LogP contribution is 2.01. The maximum absolute atomic E-state index is 10.1. The molecule has 2 atom stereocenters. The van der Waals surface area contributed by atoms with Gasteiger partial charge in [-0.2, -0.15) is 0 Å². The van der Waals surface area contributed by atoms with Crippen LogP contribution >= 0.6 is 0 Å². The highest BCUT2D eigenvalue weighted by atomic mass is 16.4. The molecule has 0 aliphatic heterocycles. The number of carbonyl (C=O) groups is 2. The number of aliphatic carboxylic acids is 2. The molecule has 4 N–H and O–H groups in total. The Morgan fingerprint density at radius 1 is 1.14 bits per heavy atom. The van der Waals surface area contributed by atoms with Crippen LogP contribution in [0.15, 0.2) is 12.2 Å². The summed E-state index contributed by atoms with van der Waals surface area (Å²) in [7, 11) is 0. The lowest BCUT2D eigenvalue weighted by Crippen LogP contribution is -2.26. The van der Waals surface area contributed by atoms with Crippen molar-refractivity contribution >= 4 is 11.9 Å². The first-order valence-electron chi connectivity index (χ1n) is 3.90. The van der Waals surface area contributed by atoms with E-state index in [2.05, 4.69) is 0 Å². The monoisotopic (exact) mass is 204 g/mol. The van der Waals surface area contributed by atoms with Crippen LogP contribution in [0.25, 0.3) is 0 Å². The summed E-state index contributed by atoms with van der Waals surface area (Å²) in [4.78, 5) is 20.1. The van der Waals surface area contributed by atoms with Crippen molar-refractivity contribution in [2.45, 2.75) is 25.0 Å². The molecule has 0 saturated carbocycles. The van der Waals surface area contributed by atoms with Gasteiger partial charge in [0.1, 0.15) is 0 Å². The van der Waals surface area contributed by atoms with Gasteiger partial charge in [0.05, 0.1) is 25.0 Å². The van der Waals surface area contributed by atoms with Crippen molar-refractivity contribution in [1.82, 2.24) is 0 Å². The molecule has 0 aliphatic rings. The number of carboxylic acids is 2. The van der Waals surface area contributed by atoms with Crippen molar-refractivity contribution in [3.63, 3.8) is 0 Å². The minimum absolute atomic E-state index is 0.281. The first-order chi connectivity index (χ1) is 6.43. The Labute approximate surface area is 80.1 Å². The maximum atomic E-state index is 10.1. The minimum atomic E-state index is -1.42. The fourth-order valence-corrected chi connectivity index (χ4v) is 0.736. The van der Waals surface area contributed by atoms with Crippen LogP contribution in [0.1, 0.15) is 12.8 Å². The Morgan fingerprint density at radius 3 is 2.14 bits per heavy atom. The van der Waals surface area contributed by atoms with E-state index in [0.717, 1.165) is 12.2 Å². The summed E-state index contributed by atoms with van der Waals surface area (Å²) in [5.74, 6) is -2.30. The van der Waals surface area contributed by atoms with Crippen molar-refractivity contribution in [1.29, 1.82) is 0 Å². The van der Waals surface area contributed by atoms with E-state index in [1.54, 1.807) is 0 Å². The van der Waals surface area contributed by atoms with Gasteiger partial charge >= 0.3 is 11.9 Å². The lowest BCUT2D eigenvalue weighted by atomic mass is 10.1. The van der Waals surface area contributed by atoms with Gasteiger partial charge in [0.25, 0.3) is 0 Å². The average Bonchev–Trinajstić information content (AvgIpc) is 2.01. The maximum Gasteiger partial charge on any atom is 0.307 e. The third-order valence-electron chi connectivity index (χ3n) is 1.40. The van der Waals surface area contributed by atoms with Gasteiger partial charge in [-0.3, -0.25) is 9.59 Å². The molecule has 0 amide bonds. The van der Waals surface area contributed by atoms with Crippen LogP contribution in [0.5, 0.6) is 0 Å². The van der Waals surface area contributed by atoms with Crippen LogP contribution in [0.4, 0.5) is 0 Å². The summed E-state index contributed by atoms with van der Waals surface area (Å²) >= 11 is 0. The van der Waals surface area contributed by atoms with Gasteiger partial charge < -0.3 is 20.4 Å². The number of rotatable bonds is 6. The molecule has 0 bridgehead atoms. The molecule has 0 radical (unpaired) electrons. The van der Waals surface area contributed by atoms with E-state index in [1.165, 1.54) is 0 Å². The van der Waals surface area contributed by atoms with Crippen LogP contribution < -0.4 is 0 Å². The highest BCUT2D eigenvalue weighted by molar-refractivity contribution is 5.68. The van der Waals surface area contributed by atoms with E-state index in [9.17, 15) is 9.59 Å². The van der Waals surface area contributed by atoms with Gasteiger partial charge in [-0.15, -0.1) is 0 Å². The van der Waals surface area contributed by atoms with E-state index in [4.69, 9.17) is 20.4 Å². The van der Waals surface area contributed by atoms with Gasteiger partial charge in [-0.05, 0) is 0 Å². The predicted octanol–water partition coefficient (Wildman–Crippen LogP) is -0.786. The number of hydrogen-bond donors (Lipinski definition) is 4. The molecular weight excluding hydrogens is 192 g/mol. The smallest absolute Gasteiger partial charge is 0.307 e. The van der Waals surface area contributed by atoms with Crippen LogP contribution in [-0.4, -0.2) is 44.6 Å². The first kappa shape index (κ1) is 12.6. The zero-order valence-electron chi connectivity index (χ0n) is 7.33. The summed E-state index contributed by atoms with van der Waals surface area (Å²) in [6.45, 7) is 0. The molecule has 0 aromatic carbocycles. The third kappa shape index (κ3) is 6.15. The van der Waals surface area contributed by atoms with Crippen LogP contribution in [0.3, 0.4) is 0 Å². The predicted molar refractivity (Wildman–Crippen MR) is 45.7 cm³/mol. The molecule has 0 fully saturated rings. The summed E-state index contributed by atoms with van der Waals surface area (Å²) < 4.78 is 0. The summed E-state index contributed by atoms with van der Waals surface area (Å²) in [5.41, 5.74) is 0. The Kier molecular flexibility index (Phi) is 5.50. The average molecular weight is 204 g/mol. The second-order valence-electron chi connectivity index (χ2n) is 2.68. The Bertz CT molecular complexity index is 234. The second kappa shape index (κ2) is 6.11. The molecule has 6 nitrogen and oxygen atoms in total. The van der Waals surface area contributed by atoms with Crippen molar-refractivity contribution < 1.29 is 30.0 Å². The molecule has 0 aromatic heterocycles. The molecule has 0 heterocycles. The number of carboxylic acid groups (broad SMARTS) is 2. The Hall–Kier alpha value is -1.40. The molecule has 0 aromatic rings. The molecule has 0 saturated heterocycles. The second-order valence-corrected chi connectivity index (χ2v) is 2.68. The molecule has 14 heavy (non-hydrogen) atoms. The Balaban J connectivity index is 3.93. The fraction of sp³-hybridized carbons (Fsp3) is 0.500. The zero-order valence-corrected chi connectivity index (χ0v) is 7.33. The minimum Gasteiger partial charge on any atom is -0.481 e. The molecule has 0 rings (SSSR count). The van der Waals surface area contributed by atoms with Crippen LogP contribution in [0, 0.1) is 0 Å². The van der Waals surface area contributed by atoms with E-state index in [1.807, 2.05) is 0 Å². The quantitative estimate of drug-likeness (QED) is 0.421. The standard InChI is InChI=1S/C8H12O6/c9-5(2-1-3-7(11)12)6(10)4-8(13)14/h1-2,5-6,9-10H,3-4H2,(H,11,12)(H,13,14)/b2-1+/t5-,6+/m0/s1. The normalized spacial score (nSPS) is 15.3. The van der Waals surface area contributed by atoms with Crippen molar-refractivity contribution in [2.24, 2.45) is 0 Å². The molecule has 0 unspecified atom stereocenters. The summed E-state index contributed by atoms with van der Waals surface area (Å²) in [6.07, 6.45) is -1.43. The molecule has 80 valence electrons. The van der Waals surface area contributed by atoms with E-state index in [0.29, 0.717) is 0 Å². The zero-order chi connectivity index (χ0) is 11.1. The lowest BCUT2D eigenvalue weighted by Gasteiger charge is -2.11. The van der Waals surface area contributed by atoms with E-state index < -0.39 is 30.6 Å². The van der Waals surface area contributed by atoms with Crippen LogP contribution in [0.2, 0.25) is 0 Å². The molecule has 0 spiro atoms. The van der Waals surface area contributed by atoms with Gasteiger partial charge in [0.2, 0.25) is 0 Å². The van der Waals surface area contributed by atoms with Gasteiger partial charge in [0.15, 0.2) is 0 Å². The summed E-state index contributed by atoms with van der Waals surface area (Å²) in [6, 6.07) is 0. The van der Waals surface area contributed by atoms with Crippen molar-refractivity contribution in [3.05, 3.63) is 12.2 Å². The molecular formula is C8H12O6. The molecule has 6 heteroatoms. The van der Waals surface area contributed by atoms with Gasteiger partial charge in [-0.1, -0.05) is 12.2 Å². The number of aliphatic hydroxyl groups is 2.